The van der Waals surface area contributed by atoms with Gasteiger partial charge in [0.05, 0.1) is 5.41 Å². The molecule has 0 radical (unpaired) electrons. The molecule has 19 heavy (non-hydrogen) atoms. The summed E-state index contributed by atoms with van der Waals surface area (Å²) in [5.41, 5.74) is 0.0922. The fourth-order valence-electron chi connectivity index (χ4n) is 1.83. The highest BCUT2D eigenvalue weighted by atomic mass is 16.4. The van der Waals surface area contributed by atoms with Gasteiger partial charge >= 0.3 is 5.97 Å². The molecule has 0 aromatic heterocycles. The zero-order valence-corrected chi connectivity index (χ0v) is 12.4. The number of carboxylic acid groups (broad SMARTS) is 1. The van der Waals surface area contributed by atoms with Gasteiger partial charge in [-0.3, -0.25) is 4.79 Å². The summed E-state index contributed by atoms with van der Waals surface area (Å²) in [5, 5.41) is 12.6. The quantitative estimate of drug-likeness (QED) is 0.743. The third-order valence-corrected chi connectivity index (χ3v) is 4.15. The smallest absolute Gasteiger partial charge is 0.310 e. The molecular weight excluding hydrogens is 238 g/mol. The van der Waals surface area contributed by atoms with Gasteiger partial charge in [-0.25, -0.2) is 0 Å². The minimum Gasteiger partial charge on any atom is -0.481 e. The summed E-state index contributed by atoms with van der Waals surface area (Å²) in [5.74, 6) is -0.770. The predicted molar refractivity (Wildman–Crippen MR) is 78.3 cm³/mol. The molecule has 2 N–H and O–H groups in total. The van der Waals surface area contributed by atoms with E-state index >= 15 is 0 Å². The lowest BCUT2D eigenvalue weighted by Crippen LogP contribution is -2.55. The maximum absolute atomic E-state index is 11.3. The summed E-state index contributed by atoms with van der Waals surface area (Å²) in [6.45, 7) is 8.24. The van der Waals surface area contributed by atoms with Gasteiger partial charge in [0.25, 0.3) is 0 Å². The number of carbonyl (C=O) groups is 1. The normalized spacial score (nSPS) is 12.4. The van der Waals surface area contributed by atoms with Crippen LogP contribution in [-0.2, 0) is 11.2 Å². The first-order valence-electron chi connectivity index (χ1n) is 6.80. The van der Waals surface area contributed by atoms with Crippen LogP contribution in [0, 0.1) is 5.41 Å². The molecule has 3 nitrogen and oxygen atoms in total. The molecule has 1 aromatic rings. The van der Waals surface area contributed by atoms with Crippen molar-refractivity contribution in [2.75, 3.05) is 6.54 Å². The molecule has 0 heterocycles. The van der Waals surface area contributed by atoms with Crippen LogP contribution in [0.4, 0.5) is 0 Å². The van der Waals surface area contributed by atoms with Crippen LogP contribution in [0.15, 0.2) is 30.3 Å². The highest BCUT2D eigenvalue weighted by molar-refractivity contribution is 5.75. The van der Waals surface area contributed by atoms with Crippen LogP contribution in [0.2, 0.25) is 0 Å². The van der Waals surface area contributed by atoms with Gasteiger partial charge in [0.1, 0.15) is 0 Å². The van der Waals surface area contributed by atoms with E-state index in [2.05, 4.69) is 17.4 Å². The van der Waals surface area contributed by atoms with Gasteiger partial charge in [0.2, 0.25) is 0 Å². The van der Waals surface area contributed by atoms with E-state index in [4.69, 9.17) is 0 Å². The Labute approximate surface area is 116 Å². The number of carboxylic acids is 1. The molecule has 1 aromatic carbocycles. The van der Waals surface area contributed by atoms with Gasteiger partial charge < -0.3 is 10.4 Å². The van der Waals surface area contributed by atoms with Crippen molar-refractivity contribution in [3.05, 3.63) is 35.9 Å². The zero-order chi connectivity index (χ0) is 14.5. The summed E-state index contributed by atoms with van der Waals surface area (Å²) in [7, 11) is 0. The van der Waals surface area contributed by atoms with E-state index in [1.807, 2.05) is 32.0 Å². The molecule has 0 bridgehead atoms. The third-order valence-electron chi connectivity index (χ3n) is 4.15. The lowest BCUT2D eigenvalue weighted by atomic mass is 9.74. The van der Waals surface area contributed by atoms with Crippen molar-refractivity contribution in [3.63, 3.8) is 0 Å². The van der Waals surface area contributed by atoms with E-state index in [0.29, 0.717) is 0 Å². The summed E-state index contributed by atoms with van der Waals surface area (Å²) >= 11 is 0. The van der Waals surface area contributed by atoms with Gasteiger partial charge in [-0.1, -0.05) is 30.3 Å². The van der Waals surface area contributed by atoms with Crippen molar-refractivity contribution in [3.8, 4) is 0 Å². The van der Waals surface area contributed by atoms with E-state index in [9.17, 15) is 9.90 Å². The first kappa shape index (κ1) is 15.7. The zero-order valence-electron chi connectivity index (χ0n) is 12.4. The molecule has 0 saturated carbocycles. The molecule has 3 heteroatoms. The number of hydrogen-bond donors (Lipinski definition) is 2. The molecule has 0 spiro atoms. The van der Waals surface area contributed by atoms with Crippen molar-refractivity contribution in [2.45, 2.75) is 46.1 Å². The van der Waals surface area contributed by atoms with Gasteiger partial charge in [-0.15, -0.1) is 0 Å². The molecule has 0 fully saturated rings. The van der Waals surface area contributed by atoms with Crippen LogP contribution in [0.1, 0.15) is 39.7 Å². The van der Waals surface area contributed by atoms with Crippen molar-refractivity contribution in [1.29, 1.82) is 0 Å². The Morgan fingerprint density at radius 3 is 2.26 bits per heavy atom. The van der Waals surface area contributed by atoms with Crippen LogP contribution in [0.3, 0.4) is 0 Å². The lowest BCUT2D eigenvalue weighted by molar-refractivity contribution is -0.151. The maximum Gasteiger partial charge on any atom is 0.310 e. The Hall–Kier alpha value is -1.35. The van der Waals surface area contributed by atoms with Crippen LogP contribution in [0.25, 0.3) is 0 Å². The number of nitrogens with one attached hydrogen (secondary N) is 1. The molecule has 106 valence electrons. The summed E-state index contributed by atoms with van der Waals surface area (Å²) < 4.78 is 0. The number of benzene rings is 1. The standard InChI is InChI=1S/C16H25NO2/c1-15(2,14(18)19)16(3,4)17-12-8-11-13-9-6-5-7-10-13/h5-7,9-10,17H,8,11-12H2,1-4H3,(H,18,19). The Balaban J connectivity index is 2.42. The van der Waals surface area contributed by atoms with E-state index in [-0.39, 0.29) is 0 Å². The number of hydrogen-bond acceptors (Lipinski definition) is 2. The number of aryl methyl sites for hydroxylation is 1. The molecule has 0 saturated heterocycles. The van der Waals surface area contributed by atoms with Crippen molar-refractivity contribution < 1.29 is 9.90 Å². The third kappa shape index (κ3) is 4.06. The molecule has 0 aliphatic rings. The second-order valence-electron chi connectivity index (χ2n) is 6.07. The molecule has 0 atom stereocenters. The average Bonchev–Trinajstić information content (AvgIpc) is 2.35. The molecular formula is C16H25NO2. The van der Waals surface area contributed by atoms with E-state index in [1.54, 1.807) is 13.8 Å². The average molecular weight is 263 g/mol. The lowest BCUT2D eigenvalue weighted by Gasteiger charge is -2.39. The SMILES string of the molecule is CC(C)(NCCCc1ccccc1)C(C)(C)C(=O)O. The minimum absolute atomic E-state index is 0.435. The second-order valence-corrected chi connectivity index (χ2v) is 6.07. The van der Waals surface area contributed by atoms with Crippen LogP contribution < -0.4 is 5.32 Å². The van der Waals surface area contributed by atoms with Crippen molar-refractivity contribution >= 4 is 5.97 Å². The van der Waals surface area contributed by atoms with Crippen molar-refractivity contribution in [1.82, 2.24) is 5.32 Å². The molecule has 0 aliphatic carbocycles. The molecule has 1 rings (SSSR count). The first-order chi connectivity index (χ1) is 8.77. The predicted octanol–water partition coefficient (Wildman–Crippen LogP) is 3.10. The summed E-state index contributed by atoms with van der Waals surface area (Å²) in [6, 6.07) is 10.3. The van der Waals surface area contributed by atoms with Gasteiger partial charge in [-0.2, -0.15) is 0 Å². The highest BCUT2D eigenvalue weighted by Crippen LogP contribution is 2.30. The van der Waals surface area contributed by atoms with Crippen LogP contribution in [0.5, 0.6) is 0 Å². The molecule has 0 aliphatic heterocycles. The first-order valence-corrected chi connectivity index (χ1v) is 6.80. The minimum atomic E-state index is -0.792. The topological polar surface area (TPSA) is 49.3 Å². The Kier molecular flexibility index (Phi) is 5.12. The van der Waals surface area contributed by atoms with E-state index in [1.165, 1.54) is 5.56 Å². The fourth-order valence-corrected chi connectivity index (χ4v) is 1.83. The summed E-state index contributed by atoms with van der Waals surface area (Å²) in [6.07, 6.45) is 2.01. The largest absolute Gasteiger partial charge is 0.481 e. The maximum atomic E-state index is 11.3. The van der Waals surface area contributed by atoms with Crippen LogP contribution >= 0.6 is 0 Å². The summed E-state index contributed by atoms with van der Waals surface area (Å²) in [4.78, 5) is 11.3. The van der Waals surface area contributed by atoms with Gasteiger partial charge in [0, 0.05) is 5.54 Å². The number of rotatable bonds is 7. The van der Waals surface area contributed by atoms with E-state index < -0.39 is 16.9 Å². The van der Waals surface area contributed by atoms with Gasteiger partial charge in [0.15, 0.2) is 0 Å². The molecule has 0 unspecified atom stereocenters. The molecule has 0 amide bonds. The van der Waals surface area contributed by atoms with Gasteiger partial charge in [-0.05, 0) is 52.6 Å². The second kappa shape index (κ2) is 6.20. The highest BCUT2D eigenvalue weighted by Gasteiger charge is 2.42. The fraction of sp³-hybridized carbons (Fsp3) is 0.562. The monoisotopic (exact) mass is 263 g/mol. The van der Waals surface area contributed by atoms with Crippen LogP contribution in [-0.4, -0.2) is 23.2 Å². The Bertz CT molecular complexity index is 410. The Morgan fingerprint density at radius 2 is 1.74 bits per heavy atom. The Morgan fingerprint density at radius 1 is 1.16 bits per heavy atom. The van der Waals surface area contributed by atoms with E-state index in [0.717, 1.165) is 19.4 Å². The van der Waals surface area contributed by atoms with Crippen molar-refractivity contribution in [2.24, 2.45) is 5.41 Å². The number of aliphatic carboxylic acids is 1.